The molecule has 1 spiro atoms. The van der Waals surface area contributed by atoms with Gasteiger partial charge >= 0.3 is 0 Å². The van der Waals surface area contributed by atoms with Gasteiger partial charge in [0.25, 0.3) is 0 Å². The Labute approximate surface area is 112 Å². The molecule has 1 saturated heterocycles. The van der Waals surface area contributed by atoms with Crippen LogP contribution >= 0.6 is 0 Å². The summed E-state index contributed by atoms with van der Waals surface area (Å²) in [4.78, 5) is 0. The predicted octanol–water partition coefficient (Wildman–Crippen LogP) is 2.06. The molecule has 1 heterocycles. The first-order chi connectivity index (χ1) is 9.16. The maximum atomic E-state index is 10.8. The second kappa shape index (κ2) is 4.61. The quantitative estimate of drug-likeness (QED) is 0.838. The molecule has 19 heavy (non-hydrogen) atoms. The largest absolute Gasteiger partial charge is 0.385 e. The summed E-state index contributed by atoms with van der Waals surface area (Å²) in [5, 5.41) is 19.7. The van der Waals surface area contributed by atoms with Crippen molar-refractivity contribution in [3.05, 3.63) is 35.4 Å². The number of hydrogen-bond acceptors (Lipinski definition) is 4. The Morgan fingerprint density at radius 3 is 2.42 bits per heavy atom. The Morgan fingerprint density at radius 2 is 1.79 bits per heavy atom. The Kier molecular flexibility index (Phi) is 3.06. The van der Waals surface area contributed by atoms with Gasteiger partial charge in [-0.25, -0.2) is 0 Å². The fourth-order valence-corrected chi connectivity index (χ4v) is 3.00. The molecule has 1 aromatic carbocycles. The smallest absolute Gasteiger partial charge is 0.168 e. The summed E-state index contributed by atoms with van der Waals surface area (Å²) in [6, 6.07) is 9.34. The fraction of sp³-hybridized carbons (Fsp3) is 0.533. The van der Waals surface area contributed by atoms with E-state index in [0.29, 0.717) is 44.5 Å². The van der Waals surface area contributed by atoms with E-state index in [1.54, 1.807) is 12.1 Å². The fourth-order valence-electron chi connectivity index (χ4n) is 3.00. The molecule has 1 aliphatic carbocycles. The molecule has 2 aliphatic rings. The molecule has 4 heteroatoms. The molecular weight excluding hydrogens is 242 g/mol. The van der Waals surface area contributed by atoms with E-state index in [0.717, 1.165) is 5.56 Å². The van der Waals surface area contributed by atoms with E-state index in [2.05, 4.69) is 6.07 Å². The van der Waals surface area contributed by atoms with Gasteiger partial charge in [0.15, 0.2) is 5.79 Å². The minimum absolute atomic E-state index is 0.473. The third kappa shape index (κ3) is 2.25. The van der Waals surface area contributed by atoms with Crippen molar-refractivity contribution in [1.82, 2.24) is 0 Å². The molecule has 1 N–H and O–H groups in total. The van der Waals surface area contributed by atoms with E-state index in [-0.39, 0.29) is 0 Å². The van der Waals surface area contributed by atoms with Crippen molar-refractivity contribution in [2.24, 2.45) is 0 Å². The van der Waals surface area contributed by atoms with Gasteiger partial charge < -0.3 is 14.6 Å². The van der Waals surface area contributed by atoms with Gasteiger partial charge in [-0.05, 0) is 30.5 Å². The third-order valence-corrected chi connectivity index (χ3v) is 4.18. The van der Waals surface area contributed by atoms with Crippen LogP contribution in [0.4, 0.5) is 0 Å². The van der Waals surface area contributed by atoms with Gasteiger partial charge in [0.05, 0.1) is 30.4 Å². The summed E-state index contributed by atoms with van der Waals surface area (Å²) in [6.45, 7) is 1.28. The maximum Gasteiger partial charge on any atom is 0.168 e. The molecule has 1 saturated carbocycles. The normalized spacial score (nSPS) is 24.2. The number of rotatable bonds is 1. The van der Waals surface area contributed by atoms with E-state index in [9.17, 15) is 5.11 Å². The lowest BCUT2D eigenvalue weighted by Crippen LogP contribution is -2.42. The number of nitrogens with zero attached hydrogens (tertiary/aromatic N) is 1. The SMILES string of the molecule is N#Cc1cccc(C2(O)CCC3(CC2)OCCO3)c1. The number of hydrogen-bond donors (Lipinski definition) is 1. The summed E-state index contributed by atoms with van der Waals surface area (Å²) in [7, 11) is 0. The zero-order chi connectivity index (χ0) is 13.3. The van der Waals surface area contributed by atoms with Crippen molar-refractivity contribution >= 4 is 0 Å². The zero-order valence-corrected chi connectivity index (χ0v) is 10.8. The molecule has 4 nitrogen and oxygen atoms in total. The van der Waals surface area contributed by atoms with Gasteiger partial charge in [0, 0.05) is 12.8 Å². The molecule has 0 radical (unpaired) electrons. The summed E-state index contributed by atoms with van der Waals surface area (Å²) in [5.74, 6) is -0.473. The van der Waals surface area contributed by atoms with Crippen molar-refractivity contribution in [3.63, 3.8) is 0 Å². The van der Waals surface area contributed by atoms with Crippen LogP contribution in [0.1, 0.15) is 36.8 Å². The Balaban J connectivity index is 1.79. The number of aliphatic hydroxyl groups is 1. The van der Waals surface area contributed by atoms with E-state index >= 15 is 0 Å². The van der Waals surface area contributed by atoms with Crippen LogP contribution in [0.3, 0.4) is 0 Å². The molecule has 100 valence electrons. The van der Waals surface area contributed by atoms with Crippen LogP contribution in [-0.2, 0) is 15.1 Å². The Hall–Kier alpha value is -1.41. The standard InChI is InChI=1S/C15H17NO3/c16-11-12-2-1-3-13(10-12)14(17)4-6-15(7-5-14)18-8-9-19-15/h1-3,10,17H,4-9H2. The Morgan fingerprint density at radius 1 is 1.11 bits per heavy atom. The first kappa shape index (κ1) is 12.6. The van der Waals surface area contributed by atoms with Crippen LogP contribution in [0.25, 0.3) is 0 Å². The highest BCUT2D eigenvalue weighted by atomic mass is 16.7. The molecule has 1 aliphatic heterocycles. The molecule has 1 aromatic rings. The molecule has 0 amide bonds. The lowest BCUT2D eigenvalue weighted by molar-refractivity contribution is -0.204. The number of benzene rings is 1. The summed E-state index contributed by atoms with van der Waals surface area (Å²) >= 11 is 0. The van der Waals surface area contributed by atoms with Crippen LogP contribution in [0.2, 0.25) is 0 Å². The van der Waals surface area contributed by atoms with Gasteiger partial charge in [-0.3, -0.25) is 0 Å². The number of nitriles is 1. The van der Waals surface area contributed by atoms with Gasteiger partial charge in [0.2, 0.25) is 0 Å². The molecule has 3 rings (SSSR count). The molecule has 0 aromatic heterocycles. The van der Waals surface area contributed by atoms with Crippen LogP contribution in [0.5, 0.6) is 0 Å². The second-order valence-corrected chi connectivity index (χ2v) is 5.33. The summed E-state index contributed by atoms with van der Waals surface area (Å²) in [6.07, 6.45) is 2.59. The summed E-state index contributed by atoms with van der Waals surface area (Å²) in [5.41, 5.74) is 0.534. The van der Waals surface area contributed by atoms with Crippen molar-refractivity contribution in [3.8, 4) is 6.07 Å². The highest BCUT2D eigenvalue weighted by Crippen LogP contribution is 2.44. The van der Waals surface area contributed by atoms with Gasteiger partial charge in [-0.1, -0.05) is 12.1 Å². The van der Waals surface area contributed by atoms with Gasteiger partial charge in [-0.2, -0.15) is 5.26 Å². The van der Waals surface area contributed by atoms with E-state index in [1.165, 1.54) is 0 Å². The van der Waals surface area contributed by atoms with Crippen molar-refractivity contribution in [2.45, 2.75) is 37.1 Å². The highest BCUT2D eigenvalue weighted by Gasteiger charge is 2.46. The molecule has 0 atom stereocenters. The van der Waals surface area contributed by atoms with Gasteiger partial charge in [0.1, 0.15) is 0 Å². The minimum atomic E-state index is -0.868. The van der Waals surface area contributed by atoms with E-state index < -0.39 is 11.4 Å². The lowest BCUT2D eigenvalue weighted by atomic mass is 9.77. The number of ether oxygens (including phenoxy) is 2. The minimum Gasteiger partial charge on any atom is -0.385 e. The van der Waals surface area contributed by atoms with Crippen LogP contribution in [-0.4, -0.2) is 24.1 Å². The second-order valence-electron chi connectivity index (χ2n) is 5.33. The van der Waals surface area contributed by atoms with Crippen molar-refractivity contribution in [2.75, 3.05) is 13.2 Å². The van der Waals surface area contributed by atoms with E-state index in [1.807, 2.05) is 12.1 Å². The summed E-state index contributed by atoms with van der Waals surface area (Å²) < 4.78 is 11.3. The van der Waals surface area contributed by atoms with E-state index in [4.69, 9.17) is 14.7 Å². The first-order valence-corrected chi connectivity index (χ1v) is 6.67. The molecular formula is C15H17NO3. The zero-order valence-electron chi connectivity index (χ0n) is 10.8. The Bertz CT molecular complexity index is 504. The molecule has 0 unspecified atom stereocenters. The average molecular weight is 259 g/mol. The van der Waals surface area contributed by atoms with Crippen molar-refractivity contribution < 1.29 is 14.6 Å². The van der Waals surface area contributed by atoms with Crippen LogP contribution in [0.15, 0.2) is 24.3 Å². The monoisotopic (exact) mass is 259 g/mol. The van der Waals surface area contributed by atoms with Crippen molar-refractivity contribution in [1.29, 1.82) is 5.26 Å². The maximum absolute atomic E-state index is 10.8. The lowest BCUT2D eigenvalue weighted by Gasteiger charge is -2.40. The van der Waals surface area contributed by atoms with Gasteiger partial charge in [-0.15, -0.1) is 0 Å². The molecule has 0 bridgehead atoms. The topological polar surface area (TPSA) is 62.5 Å². The molecule has 2 fully saturated rings. The highest BCUT2D eigenvalue weighted by molar-refractivity contribution is 5.35. The van der Waals surface area contributed by atoms with Crippen LogP contribution in [0, 0.1) is 11.3 Å². The average Bonchev–Trinajstić information content (AvgIpc) is 2.92. The first-order valence-electron chi connectivity index (χ1n) is 6.67. The van der Waals surface area contributed by atoms with Crippen LogP contribution < -0.4 is 0 Å². The third-order valence-electron chi connectivity index (χ3n) is 4.18. The predicted molar refractivity (Wildman–Crippen MR) is 68.2 cm³/mol.